The minimum absolute atomic E-state index is 0.0160. The third-order valence-electron chi connectivity index (χ3n) is 1.61. The van der Waals surface area contributed by atoms with Crippen LogP contribution in [0.3, 0.4) is 0 Å². The van der Waals surface area contributed by atoms with Gasteiger partial charge >= 0.3 is 0 Å². The van der Waals surface area contributed by atoms with Crippen LogP contribution < -0.4 is 5.73 Å². The van der Waals surface area contributed by atoms with Crippen LogP contribution >= 0.6 is 0 Å². The molecule has 0 amide bonds. The summed E-state index contributed by atoms with van der Waals surface area (Å²) in [7, 11) is 0. The van der Waals surface area contributed by atoms with Crippen LogP contribution in [0.15, 0.2) is 24.3 Å². The zero-order valence-electron chi connectivity index (χ0n) is 6.54. The van der Waals surface area contributed by atoms with Gasteiger partial charge in [-0.25, -0.2) is 0 Å². The van der Waals surface area contributed by atoms with Crippen LogP contribution in [0, 0.1) is 12.3 Å². The number of hydrogen-bond acceptors (Lipinski definition) is 1. The van der Waals surface area contributed by atoms with Gasteiger partial charge in [-0.15, -0.1) is 6.42 Å². The van der Waals surface area contributed by atoms with Crippen molar-refractivity contribution in [2.75, 3.05) is 0 Å². The van der Waals surface area contributed by atoms with Crippen molar-refractivity contribution in [3.05, 3.63) is 35.4 Å². The maximum Gasteiger partial charge on any atom is 0.0290 e. The van der Waals surface area contributed by atoms with Gasteiger partial charge in [-0.3, -0.25) is 0 Å². The molecule has 1 aromatic carbocycles. The number of hydrogen-bond donors (Lipinski definition) is 1. The van der Waals surface area contributed by atoms with Crippen molar-refractivity contribution >= 4 is 0 Å². The topological polar surface area (TPSA) is 26.0 Å². The first-order valence-corrected chi connectivity index (χ1v) is 3.57. The zero-order chi connectivity index (χ0) is 8.27. The molecule has 1 atom stereocenters. The molecule has 0 aliphatic carbocycles. The summed E-state index contributed by atoms with van der Waals surface area (Å²) in [6.07, 6.45) is 5.28. The maximum absolute atomic E-state index is 5.69. The van der Waals surface area contributed by atoms with Crippen molar-refractivity contribution in [3.8, 4) is 12.3 Å². The summed E-state index contributed by atoms with van der Waals surface area (Å²) < 4.78 is 0. The molecular formula is C10H11N. The molecule has 0 saturated heterocycles. The van der Waals surface area contributed by atoms with Gasteiger partial charge in [0, 0.05) is 11.6 Å². The Kier molecular flexibility index (Phi) is 2.30. The Bertz CT molecular complexity index is 281. The molecule has 1 nitrogen and oxygen atoms in total. The minimum atomic E-state index is 0.0160. The lowest BCUT2D eigenvalue weighted by Gasteiger charge is -2.06. The average molecular weight is 145 g/mol. The molecule has 0 aromatic heterocycles. The molecule has 1 rings (SSSR count). The van der Waals surface area contributed by atoms with E-state index in [1.807, 2.05) is 31.2 Å². The van der Waals surface area contributed by atoms with Gasteiger partial charge in [0.05, 0.1) is 0 Å². The van der Waals surface area contributed by atoms with Crippen LogP contribution in [0.2, 0.25) is 0 Å². The third kappa shape index (κ3) is 1.60. The first-order valence-electron chi connectivity index (χ1n) is 3.57. The molecule has 11 heavy (non-hydrogen) atoms. The molecule has 1 aromatic rings. The largest absolute Gasteiger partial charge is 0.324 e. The zero-order valence-corrected chi connectivity index (χ0v) is 6.54. The molecule has 1 heteroatoms. The predicted molar refractivity (Wildman–Crippen MR) is 47.0 cm³/mol. The SMILES string of the molecule is C#Cc1ccccc1C(C)N. The minimum Gasteiger partial charge on any atom is -0.324 e. The van der Waals surface area contributed by atoms with Crippen molar-refractivity contribution < 1.29 is 0 Å². The third-order valence-corrected chi connectivity index (χ3v) is 1.61. The van der Waals surface area contributed by atoms with E-state index in [2.05, 4.69) is 5.92 Å². The Morgan fingerprint density at radius 2 is 2.09 bits per heavy atom. The molecule has 0 aliphatic heterocycles. The Morgan fingerprint density at radius 3 is 2.55 bits per heavy atom. The van der Waals surface area contributed by atoms with E-state index in [-0.39, 0.29) is 6.04 Å². The predicted octanol–water partition coefficient (Wildman–Crippen LogP) is 1.69. The van der Waals surface area contributed by atoms with Gasteiger partial charge in [-0.1, -0.05) is 24.1 Å². The lowest BCUT2D eigenvalue weighted by Crippen LogP contribution is -2.06. The highest BCUT2D eigenvalue weighted by Gasteiger charge is 2.01. The second kappa shape index (κ2) is 3.23. The number of benzene rings is 1. The Balaban J connectivity index is 3.15. The van der Waals surface area contributed by atoms with Gasteiger partial charge in [0.25, 0.3) is 0 Å². The highest BCUT2D eigenvalue weighted by Crippen LogP contribution is 2.13. The maximum atomic E-state index is 5.69. The normalized spacial score (nSPS) is 12.1. The molecule has 56 valence electrons. The standard InChI is InChI=1S/C10H11N/c1-3-9-6-4-5-7-10(9)8(2)11/h1,4-8H,11H2,2H3. The highest BCUT2D eigenvalue weighted by atomic mass is 14.6. The quantitative estimate of drug-likeness (QED) is 0.598. The molecule has 0 saturated carbocycles. The van der Waals surface area contributed by atoms with Crippen LogP contribution in [-0.2, 0) is 0 Å². The van der Waals surface area contributed by atoms with Gasteiger partial charge in [0.1, 0.15) is 0 Å². The lowest BCUT2D eigenvalue weighted by molar-refractivity contribution is 0.815. The molecular weight excluding hydrogens is 134 g/mol. The highest BCUT2D eigenvalue weighted by molar-refractivity contribution is 5.41. The Hall–Kier alpha value is -1.26. The summed E-state index contributed by atoms with van der Waals surface area (Å²) in [5.41, 5.74) is 7.62. The summed E-state index contributed by atoms with van der Waals surface area (Å²) in [4.78, 5) is 0. The van der Waals surface area contributed by atoms with E-state index < -0.39 is 0 Å². The smallest absolute Gasteiger partial charge is 0.0290 e. The molecule has 0 fully saturated rings. The van der Waals surface area contributed by atoms with E-state index in [0.29, 0.717) is 0 Å². The molecule has 0 spiro atoms. The van der Waals surface area contributed by atoms with E-state index >= 15 is 0 Å². The van der Waals surface area contributed by atoms with Gasteiger partial charge in [-0.2, -0.15) is 0 Å². The van der Waals surface area contributed by atoms with Gasteiger partial charge in [0.15, 0.2) is 0 Å². The Morgan fingerprint density at radius 1 is 1.45 bits per heavy atom. The van der Waals surface area contributed by atoms with E-state index in [1.54, 1.807) is 0 Å². The monoisotopic (exact) mass is 145 g/mol. The second-order valence-electron chi connectivity index (χ2n) is 2.52. The fourth-order valence-corrected chi connectivity index (χ4v) is 1.03. The van der Waals surface area contributed by atoms with Gasteiger partial charge in [0.2, 0.25) is 0 Å². The van der Waals surface area contributed by atoms with E-state index in [4.69, 9.17) is 12.2 Å². The second-order valence-corrected chi connectivity index (χ2v) is 2.52. The van der Waals surface area contributed by atoms with Crippen molar-refractivity contribution in [2.45, 2.75) is 13.0 Å². The fourth-order valence-electron chi connectivity index (χ4n) is 1.03. The number of rotatable bonds is 1. The van der Waals surface area contributed by atoms with Crippen LogP contribution in [0.4, 0.5) is 0 Å². The molecule has 0 aliphatic rings. The lowest BCUT2D eigenvalue weighted by atomic mass is 10.0. The molecule has 0 bridgehead atoms. The van der Waals surface area contributed by atoms with Crippen molar-refractivity contribution in [2.24, 2.45) is 5.73 Å². The Labute approximate surface area is 67.2 Å². The fraction of sp³-hybridized carbons (Fsp3) is 0.200. The van der Waals surface area contributed by atoms with Crippen molar-refractivity contribution in [1.82, 2.24) is 0 Å². The van der Waals surface area contributed by atoms with Crippen LogP contribution in [0.1, 0.15) is 24.1 Å². The van der Waals surface area contributed by atoms with E-state index in [9.17, 15) is 0 Å². The van der Waals surface area contributed by atoms with Crippen LogP contribution in [0.25, 0.3) is 0 Å². The number of terminal acetylenes is 1. The van der Waals surface area contributed by atoms with Gasteiger partial charge < -0.3 is 5.73 Å². The van der Waals surface area contributed by atoms with E-state index in [1.165, 1.54) is 0 Å². The molecule has 2 N–H and O–H groups in total. The van der Waals surface area contributed by atoms with Crippen LogP contribution in [0.5, 0.6) is 0 Å². The van der Waals surface area contributed by atoms with Crippen molar-refractivity contribution in [1.29, 1.82) is 0 Å². The molecule has 0 radical (unpaired) electrons. The summed E-state index contributed by atoms with van der Waals surface area (Å²) in [5.74, 6) is 2.60. The molecule has 0 heterocycles. The first kappa shape index (κ1) is 7.84. The van der Waals surface area contributed by atoms with Crippen LogP contribution in [-0.4, -0.2) is 0 Å². The summed E-state index contributed by atoms with van der Waals surface area (Å²) >= 11 is 0. The first-order chi connectivity index (χ1) is 5.25. The van der Waals surface area contributed by atoms with E-state index in [0.717, 1.165) is 11.1 Å². The summed E-state index contributed by atoms with van der Waals surface area (Å²) in [5, 5.41) is 0. The summed E-state index contributed by atoms with van der Waals surface area (Å²) in [6.45, 7) is 1.93. The van der Waals surface area contributed by atoms with Gasteiger partial charge in [-0.05, 0) is 18.6 Å². The number of nitrogens with two attached hydrogens (primary N) is 1. The summed E-state index contributed by atoms with van der Waals surface area (Å²) in [6, 6.07) is 7.74. The molecule has 1 unspecified atom stereocenters. The average Bonchev–Trinajstić information content (AvgIpc) is 2.04. The van der Waals surface area contributed by atoms with Crippen molar-refractivity contribution in [3.63, 3.8) is 0 Å².